The molecule has 0 aliphatic carbocycles. The first kappa shape index (κ1) is 24.1. The molecule has 3 aromatic rings. The average molecular weight is 474 g/mol. The Kier molecular flexibility index (Phi) is 6.94. The van der Waals surface area contributed by atoms with Gasteiger partial charge in [0, 0.05) is 36.2 Å². The molecule has 4 rings (SSSR count). The maximum absolute atomic E-state index is 14.4. The first-order chi connectivity index (χ1) is 16.8. The highest BCUT2D eigenvalue weighted by Gasteiger charge is 2.24. The summed E-state index contributed by atoms with van der Waals surface area (Å²) in [5.41, 5.74) is 3.35. The van der Waals surface area contributed by atoms with Crippen LogP contribution in [0, 0.1) is 17.1 Å². The van der Waals surface area contributed by atoms with Crippen molar-refractivity contribution in [2.24, 2.45) is 0 Å². The van der Waals surface area contributed by atoms with Gasteiger partial charge in [-0.3, -0.25) is 4.79 Å². The molecule has 2 aromatic carbocycles. The van der Waals surface area contributed by atoms with Crippen molar-refractivity contribution in [1.29, 1.82) is 5.26 Å². The number of hydrogen-bond acceptors (Lipinski definition) is 7. The zero-order chi connectivity index (χ0) is 25.0. The zero-order valence-corrected chi connectivity index (χ0v) is 20.0. The molecule has 1 aliphatic heterocycles. The molecule has 8 nitrogen and oxygen atoms in total. The molecule has 2 heterocycles. The van der Waals surface area contributed by atoms with Gasteiger partial charge in [-0.1, -0.05) is 6.07 Å². The number of nitriles is 1. The minimum absolute atomic E-state index is 0.248. The van der Waals surface area contributed by atoms with Crippen molar-refractivity contribution in [2.75, 3.05) is 23.7 Å². The van der Waals surface area contributed by atoms with Crippen molar-refractivity contribution in [3.63, 3.8) is 0 Å². The number of carbonyl (C=O) groups excluding carboxylic acids is 1. The Hall–Kier alpha value is -4.03. The Labute approximate surface area is 204 Å². The summed E-state index contributed by atoms with van der Waals surface area (Å²) < 4.78 is 14.4. The fourth-order valence-electron chi connectivity index (χ4n) is 3.93. The van der Waals surface area contributed by atoms with Crippen molar-refractivity contribution in [3.8, 4) is 6.07 Å². The highest BCUT2D eigenvalue weighted by atomic mass is 19.1. The Morgan fingerprint density at radius 3 is 2.71 bits per heavy atom. The van der Waals surface area contributed by atoms with Gasteiger partial charge in [-0.2, -0.15) is 10.2 Å². The quantitative estimate of drug-likeness (QED) is 0.404. The number of nitrogens with one attached hydrogen (secondary N) is 4. The van der Waals surface area contributed by atoms with E-state index in [9.17, 15) is 14.4 Å². The summed E-state index contributed by atoms with van der Waals surface area (Å²) in [6.07, 6.45) is 2.44. The van der Waals surface area contributed by atoms with Gasteiger partial charge >= 0.3 is 0 Å². The van der Waals surface area contributed by atoms with Crippen LogP contribution in [0.5, 0.6) is 0 Å². The third-order valence-electron chi connectivity index (χ3n) is 5.90. The third-order valence-corrected chi connectivity index (χ3v) is 5.90. The smallest absolute Gasteiger partial charge is 0.256 e. The Balaban J connectivity index is 1.67. The molecule has 0 atom stereocenters. The summed E-state index contributed by atoms with van der Waals surface area (Å²) in [6.45, 7) is 7.34. The van der Waals surface area contributed by atoms with E-state index in [-0.39, 0.29) is 22.9 Å². The van der Waals surface area contributed by atoms with Crippen molar-refractivity contribution in [1.82, 2.24) is 20.6 Å². The maximum atomic E-state index is 14.4. The van der Waals surface area contributed by atoms with Crippen LogP contribution in [0.3, 0.4) is 0 Å². The number of halogens is 1. The lowest BCUT2D eigenvalue weighted by Crippen LogP contribution is -2.24. The van der Waals surface area contributed by atoms with Gasteiger partial charge < -0.3 is 21.3 Å². The monoisotopic (exact) mass is 473 g/mol. The van der Waals surface area contributed by atoms with Gasteiger partial charge in [0.25, 0.3) is 5.91 Å². The van der Waals surface area contributed by atoms with Crippen LogP contribution in [0.4, 0.5) is 27.5 Å². The number of rotatable bonds is 7. The molecule has 1 aliphatic rings. The van der Waals surface area contributed by atoms with Gasteiger partial charge in [0.05, 0.1) is 11.5 Å². The molecule has 0 saturated carbocycles. The predicted octanol–water partition coefficient (Wildman–Crippen LogP) is 4.30. The number of nitrogens with zero attached hydrogens (tertiary/aromatic N) is 3. The van der Waals surface area contributed by atoms with Crippen molar-refractivity contribution < 1.29 is 9.18 Å². The van der Waals surface area contributed by atoms with E-state index >= 15 is 0 Å². The van der Waals surface area contributed by atoms with Gasteiger partial charge in [-0.05, 0) is 75.2 Å². The molecule has 180 valence electrons. The molecule has 0 bridgehead atoms. The van der Waals surface area contributed by atoms with Crippen LogP contribution in [0.1, 0.15) is 47.8 Å². The first-order valence-corrected chi connectivity index (χ1v) is 11.5. The van der Waals surface area contributed by atoms with Crippen molar-refractivity contribution >= 4 is 29.0 Å². The second-order valence-electron chi connectivity index (χ2n) is 8.91. The fourth-order valence-corrected chi connectivity index (χ4v) is 3.93. The van der Waals surface area contributed by atoms with Crippen LogP contribution in [0.25, 0.3) is 0 Å². The summed E-state index contributed by atoms with van der Waals surface area (Å²) in [6, 6.07) is 12.7. The lowest BCUT2D eigenvalue weighted by Gasteiger charge is -2.19. The Morgan fingerprint density at radius 2 is 1.94 bits per heavy atom. The summed E-state index contributed by atoms with van der Waals surface area (Å²) in [7, 11) is 0. The van der Waals surface area contributed by atoms with E-state index in [2.05, 4.69) is 49.4 Å². The second kappa shape index (κ2) is 10.1. The minimum Gasteiger partial charge on any atom is -0.352 e. The molecule has 0 unspecified atom stereocenters. The van der Waals surface area contributed by atoms with E-state index in [0.29, 0.717) is 18.2 Å². The van der Waals surface area contributed by atoms with Gasteiger partial charge in [-0.15, -0.1) is 0 Å². The number of carbonyl (C=O) groups is 1. The molecule has 35 heavy (non-hydrogen) atoms. The standard InChI is InChI=1S/C26H28FN7O/c1-4-30-24(35)20-14-31-25(33-18-6-5-16-9-10-29-13-17(16)11-18)34-23(20)32-19-7-8-22(27)21(12-19)26(2,3)15-28/h5-8,11-12,14,29H,4,9-10,13H2,1-3H3,(H,30,35)(H2,31,32,33,34). The number of amides is 1. The van der Waals surface area contributed by atoms with E-state index in [0.717, 1.165) is 25.2 Å². The van der Waals surface area contributed by atoms with E-state index < -0.39 is 11.2 Å². The second-order valence-corrected chi connectivity index (χ2v) is 8.91. The van der Waals surface area contributed by atoms with Crippen LogP contribution in [-0.2, 0) is 18.4 Å². The topological polar surface area (TPSA) is 115 Å². The minimum atomic E-state index is -1.02. The van der Waals surface area contributed by atoms with E-state index in [1.54, 1.807) is 26.0 Å². The van der Waals surface area contributed by atoms with Crippen LogP contribution in [0.15, 0.2) is 42.6 Å². The highest BCUT2D eigenvalue weighted by molar-refractivity contribution is 5.99. The van der Waals surface area contributed by atoms with Crippen molar-refractivity contribution in [2.45, 2.75) is 39.2 Å². The molecule has 1 amide bonds. The van der Waals surface area contributed by atoms with Gasteiger partial charge in [0.15, 0.2) is 0 Å². The molecular weight excluding hydrogens is 445 g/mol. The maximum Gasteiger partial charge on any atom is 0.256 e. The van der Waals surface area contributed by atoms with E-state index in [1.165, 1.54) is 23.4 Å². The van der Waals surface area contributed by atoms with Crippen molar-refractivity contribution in [3.05, 3.63) is 70.7 Å². The largest absolute Gasteiger partial charge is 0.352 e. The average Bonchev–Trinajstić information content (AvgIpc) is 2.85. The molecule has 4 N–H and O–H groups in total. The Bertz CT molecular complexity index is 1300. The van der Waals surface area contributed by atoms with Crippen LogP contribution in [-0.4, -0.2) is 29.0 Å². The van der Waals surface area contributed by atoms with Crippen LogP contribution in [0.2, 0.25) is 0 Å². The lowest BCUT2D eigenvalue weighted by atomic mass is 9.85. The highest BCUT2D eigenvalue weighted by Crippen LogP contribution is 2.30. The number of aromatic nitrogens is 2. The Morgan fingerprint density at radius 1 is 1.17 bits per heavy atom. The molecule has 0 radical (unpaired) electrons. The predicted molar refractivity (Wildman–Crippen MR) is 133 cm³/mol. The normalized spacial score (nSPS) is 12.9. The number of hydrogen-bond donors (Lipinski definition) is 4. The lowest BCUT2D eigenvalue weighted by molar-refractivity contribution is 0.0956. The molecule has 0 saturated heterocycles. The van der Waals surface area contributed by atoms with E-state index in [4.69, 9.17) is 0 Å². The summed E-state index contributed by atoms with van der Waals surface area (Å²) in [5, 5.41) is 21.9. The molecule has 1 aromatic heterocycles. The number of anilines is 4. The van der Waals surface area contributed by atoms with E-state index in [1.807, 2.05) is 13.0 Å². The molecule has 0 fully saturated rings. The zero-order valence-electron chi connectivity index (χ0n) is 20.0. The number of benzene rings is 2. The third kappa shape index (κ3) is 5.39. The fraction of sp³-hybridized carbons (Fsp3) is 0.308. The van der Waals surface area contributed by atoms with Gasteiger partial charge in [0.2, 0.25) is 5.95 Å². The molecule has 0 spiro atoms. The number of fused-ring (bicyclic) bond motifs is 1. The van der Waals surface area contributed by atoms with Gasteiger partial charge in [-0.25, -0.2) is 9.37 Å². The summed E-state index contributed by atoms with van der Waals surface area (Å²) in [5.74, 6) is -0.233. The molecular formula is C26H28FN7O. The summed E-state index contributed by atoms with van der Waals surface area (Å²) >= 11 is 0. The first-order valence-electron chi connectivity index (χ1n) is 11.5. The summed E-state index contributed by atoms with van der Waals surface area (Å²) in [4.78, 5) is 21.5. The van der Waals surface area contributed by atoms with Crippen LogP contribution >= 0.6 is 0 Å². The SMILES string of the molecule is CCNC(=O)c1cnc(Nc2ccc3c(c2)CNCC3)nc1Nc1ccc(F)c(C(C)(C)C#N)c1. The van der Waals surface area contributed by atoms with Crippen LogP contribution < -0.4 is 21.3 Å². The molecule has 9 heteroatoms. The van der Waals surface area contributed by atoms with Gasteiger partial charge in [0.1, 0.15) is 17.2 Å².